The Morgan fingerprint density at radius 3 is 2.56 bits per heavy atom. The number of nitrogens with one attached hydrogen (secondary N) is 1. The Hall–Kier alpha value is -2.66. The molecule has 1 amide bonds. The quantitative estimate of drug-likeness (QED) is 0.714. The van der Waals surface area contributed by atoms with Gasteiger partial charge in [-0.1, -0.05) is 49.4 Å². The fourth-order valence-corrected chi connectivity index (χ4v) is 2.81. The number of carbonyl (C=O) groups is 1. The fraction of sp³-hybridized carbons (Fsp3) is 0.300. The van der Waals surface area contributed by atoms with Crippen LogP contribution in [0.25, 0.3) is 11.1 Å². The van der Waals surface area contributed by atoms with Gasteiger partial charge in [-0.25, -0.2) is 4.98 Å². The van der Waals surface area contributed by atoms with Crippen LogP contribution in [0.3, 0.4) is 0 Å². The lowest BCUT2D eigenvalue weighted by molar-refractivity contribution is -0.132. The van der Waals surface area contributed by atoms with E-state index in [1.54, 1.807) is 7.11 Å². The third kappa shape index (κ3) is 4.06. The average molecular weight is 338 g/mol. The molecule has 3 rings (SSSR count). The SMILES string of the molecule is CCC(OC)C(=O)NC(Cc1ccccc1)c1nc2ccccc2o1. The summed E-state index contributed by atoms with van der Waals surface area (Å²) in [6, 6.07) is 17.2. The van der Waals surface area contributed by atoms with Gasteiger partial charge in [-0.05, 0) is 24.1 Å². The maximum atomic E-state index is 12.5. The lowest BCUT2D eigenvalue weighted by atomic mass is 10.1. The van der Waals surface area contributed by atoms with Crippen molar-refractivity contribution in [1.82, 2.24) is 10.3 Å². The number of fused-ring (bicyclic) bond motifs is 1. The van der Waals surface area contributed by atoms with Crippen LogP contribution < -0.4 is 5.32 Å². The highest BCUT2D eigenvalue weighted by atomic mass is 16.5. The fourth-order valence-electron chi connectivity index (χ4n) is 2.81. The minimum atomic E-state index is -0.484. The van der Waals surface area contributed by atoms with Crippen LogP contribution in [0, 0.1) is 0 Å². The molecule has 0 aliphatic rings. The van der Waals surface area contributed by atoms with Gasteiger partial charge in [-0.15, -0.1) is 0 Å². The normalized spacial score (nSPS) is 13.5. The first kappa shape index (κ1) is 17.2. The summed E-state index contributed by atoms with van der Waals surface area (Å²) in [7, 11) is 1.54. The van der Waals surface area contributed by atoms with Gasteiger partial charge in [-0.3, -0.25) is 4.79 Å². The highest BCUT2D eigenvalue weighted by Gasteiger charge is 2.24. The summed E-state index contributed by atoms with van der Waals surface area (Å²) in [4.78, 5) is 17.0. The van der Waals surface area contributed by atoms with Crippen molar-refractivity contribution in [2.45, 2.75) is 31.9 Å². The first-order chi connectivity index (χ1) is 12.2. The Balaban J connectivity index is 1.89. The van der Waals surface area contributed by atoms with Crippen LogP contribution in [0.15, 0.2) is 59.0 Å². The second-order valence-corrected chi connectivity index (χ2v) is 5.90. The maximum absolute atomic E-state index is 12.5. The lowest BCUT2D eigenvalue weighted by Gasteiger charge is -2.19. The van der Waals surface area contributed by atoms with Crippen LogP contribution in [0.2, 0.25) is 0 Å². The molecule has 0 spiro atoms. The summed E-state index contributed by atoms with van der Waals surface area (Å²) in [6.07, 6.45) is 0.718. The minimum Gasteiger partial charge on any atom is -0.438 e. The number of amides is 1. The van der Waals surface area contributed by atoms with Gasteiger partial charge in [0.2, 0.25) is 11.8 Å². The van der Waals surface area contributed by atoms with Crippen molar-refractivity contribution < 1.29 is 13.9 Å². The van der Waals surface area contributed by atoms with Crippen molar-refractivity contribution in [2.75, 3.05) is 7.11 Å². The lowest BCUT2D eigenvalue weighted by Crippen LogP contribution is -2.38. The Labute approximate surface area is 147 Å². The predicted octanol–water partition coefficient (Wildman–Crippen LogP) is 3.65. The molecule has 2 atom stereocenters. The van der Waals surface area contributed by atoms with Gasteiger partial charge in [0.05, 0.1) is 0 Å². The zero-order valence-electron chi connectivity index (χ0n) is 14.4. The van der Waals surface area contributed by atoms with Crippen LogP contribution >= 0.6 is 0 Å². The summed E-state index contributed by atoms with van der Waals surface area (Å²) in [5.74, 6) is 0.345. The Morgan fingerprint density at radius 1 is 1.16 bits per heavy atom. The summed E-state index contributed by atoms with van der Waals surface area (Å²) in [6.45, 7) is 1.92. The molecule has 0 fully saturated rings. The molecule has 2 unspecified atom stereocenters. The molecule has 0 saturated heterocycles. The molecule has 0 aliphatic heterocycles. The molecular formula is C20H22N2O3. The van der Waals surface area contributed by atoms with Crippen molar-refractivity contribution in [2.24, 2.45) is 0 Å². The first-order valence-corrected chi connectivity index (χ1v) is 8.43. The Morgan fingerprint density at radius 2 is 1.88 bits per heavy atom. The molecule has 0 radical (unpaired) electrons. The van der Waals surface area contributed by atoms with Crippen LogP contribution in [0.5, 0.6) is 0 Å². The van der Waals surface area contributed by atoms with E-state index >= 15 is 0 Å². The number of methoxy groups -OCH3 is 1. The maximum Gasteiger partial charge on any atom is 0.249 e. The van der Waals surface area contributed by atoms with Crippen LogP contribution in [0.1, 0.15) is 30.8 Å². The van der Waals surface area contributed by atoms with E-state index in [1.165, 1.54) is 0 Å². The summed E-state index contributed by atoms with van der Waals surface area (Å²) in [5.41, 5.74) is 2.59. The van der Waals surface area contributed by atoms with Crippen molar-refractivity contribution in [3.05, 3.63) is 66.1 Å². The topological polar surface area (TPSA) is 64.4 Å². The molecule has 130 valence electrons. The molecule has 0 aliphatic carbocycles. The van der Waals surface area contributed by atoms with E-state index in [4.69, 9.17) is 9.15 Å². The molecule has 1 heterocycles. The van der Waals surface area contributed by atoms with Crippen LogP contribution in [-0.2, 0) is 16.0 Å². The molecule has 0 bridgehead atoms. The molecule has 5 heteroatoms. The zero-order chi connectivity index (χ0) is 17.6. The summed E-state index contributed by atoms with van der Waals surface area (Å²) in [5, 5.41) is 3.02. The van der Waals surface area contributed by atoms with Gasteiger partial charge >= 0.3 is 0 Å². The predicted molar refractivity (Wildman–Crippen MR) is 96.1 cm³/mol. The number of rotatable bonds is 7. The van der Waals surface area contributed by atoms with E-state index in [1.807, 2.05) is 61.5 Å². The number of aromatic nitrogens is 1. The van der Waals surface area contributed by atoms with E-state index in [0.29, 0.717) is 24.3 Å². The molecular weight excluding hydrogens is 316 g/mol. The average Bonchev–Trinajstić information content (AvgIpc) is 3.07. The van der Waals surface area contributed by atoms with Gasteiger partial charge in [0.25, 0.3) is 0 Å². The van der Waals surface area contributed by atoms with Crippen LogP contribution in [0.4, 0.5) is 0 Å². The first-order valence-electron chi connectivity index (χ1n) is 8.43. The van der Waals surface area contributed by atoms with Gasteiger partial charge < -0.3 is 14.5 Å². The summed E-state index contributed by atoms with van der Waals surface area (Å²) >= 11 is 0. The molecule has 1 N–H and O–H groups in total. The molecule has 0 saturated carbocycles. The largest absolute Gasteiger partial charge is 0.438 e. The number of benzene rings is 2. The highest BCUT2D eigenvalue weighted by Crippen LogP contribution is 2.23. The third-order valence-corrected chi connectivity index (χ3v) is 4.16. The number of para-hydroxylation sites is 2. The molecule has 25 heavy (non-hydrogen) atoms. The van der Waals surface area contributed by atoms with Crippen molar-refractivity contribution in [3.8, 4) is 0 Å². The number of hydrogen-bond acceptors (Lipinski definition) is 4. The molecule has 2 aromatic carbocycles. The molecule has 5 nitrogen and oxygen atoms in total. The highest BCUT2D eigenvalue weighted by molar-refractivity contribution is 5.81. The second-order valence-electron chi connectivity index (χ2n) is 5.90. The molecule has 1 aromatic heterocycles. The van der Waals surface area contributed by atoms with Gasteiger partial charge in [0.1, 0.15) is 17.7 Å². The monoisotopic (exact) mass is 338 g/mol. The number of ether oxygens (including phenoxy) is 1. The van der Waals surface area contributed by atoms with Crippen LogP contribution in [-0.4, -0.2) is 24.1 Å². The van der Waals surface area contributed by atoms with E-state index < -0.39 is 6.10 Å². The zero-order valence-corrected chi connectivity index (χ0v) is 14.4. The Kier molecular flexibility index (Phi) is 5.46. The summed E-state index contributed by atoms with van der Waals surface area (Å²) < 4.78 is 11.1. The third-order valence-electron chi connectivity index (χ3n) is 4.16. The number of nitrogens with zero attached hydrogens (tertiary/aromatic N) is 1. The van der Waals surface area contributed by atoms with E-state index in [0.717, 1.165) is 11.1 Å². The number of oxazole rings is 1. The van der Waals surface area contributed by atoms with Gasteiger partial charge in [0.15, 0.2) is 5.58 Å². The van der Waals surface area contributed by atoms with E-state index in [-0.39, 0.29) is 11.9 Å². The molecule has 3 aromatic rings. The van der Waals surface area contributed by atoms with Crippen molar-refractivity contribution in [3.63, 3.8) is 0 Å². The Bertz CT molecular complexity index is 792. The number of hydrogen-bond donors (Lipinski definition) is 1. The standard InChI is InChI=1S/C20H22N2O3/c1-3-17(24-2)19(23)21-16(13-14-9-5-4-6-10-14)20-22-15-11-7-8-12-18(15)25-20/h4-12,16-17H,3,13H2,1-2H3,(H,21,23). The number of carbonyl (C=O) groups excluding carboxylic acids is 1. The van der Waals surface area contributed by atoms with Gasteiger partial charge in [0, 0.05) is 13.5 Å². The smallest absolute Gasteiger partial charge is 0.249 e. The van der Waals surface area contributed by atoms with E-state index in [2.05, 4.69) is 10.3 Å². The second kappa shape index (κ2) is 7.94. The van der Waals surface area contributed by atoms with E-state index in [9.17, 15) is 4.79 Å². The van der Waals surface area contributed by atoms with Crippen molar-refractivity contribution in [1.29, 1.82) is 0 Å². The van der Waals surface area contributed by atoms with Gasteiger partial charge in [-0.2, -0.15) is 0 Å². The van der Waals surface area contributed by atoms with Crippen molar-refractivity contribution >= 4 is 17.0 Å². The minimum absolute atomic E-state index is 0.159.